The predicted octanol–water partition coefficient (Wildman–Crippen LogP) is 3.58. The van der Waals surface area contributed by atoms with E-state index in [1.807, 2.05) is 25.1 Å². The van der Waals surface area contributed by atoms with E-state index in [9.17, 15) is 5.11 Å². The summed E-state index contributed by atoms with van der Waals surface area (Å²) in [5.41, 5.74) is 0.411. The van der Waals surface area contributed by atoms with Crippen LogP contribution in [0.15, 0.2) is 18.2 Å². The van der Waals surface area contributed by atoms with Crippen LogP contribution in [-0.4, -0.2) is 24.9 Å². The number of aliphatic hydroxyl groups is 1. The summed E-state index contributed by atoms with van der Waals surface area (Å²) >= 11 is 0. The van der Waals surface area contributed by atoms with Crippen LogP contribution in [0.5, 0.6) is 11.5 Å². The molecule has 1 unspecified atom stereocenters. The maximum Gasteiger partial charge on any atom is 0.160 e. The molecule has 1 atom stereocenters. The molecule has 1 rings (SSSR count). The molecule has 0 aliphatic carbocycles. The van der Waals surface area contributed by atoms with Crippen molar-refractivity contribution in [1.29, 1.82) is 0 Å². The number of methoxy groups -OCH3 is 2. The van der Waals surface area contributed by atoms with E-state index in [4.69, 9.17) is 9.47 Å². The third-order valence-corrected chi connectivity index (χ3v) is 3.35. The molecule has 0 saturated heterocycles. The summed E-state index contributed by atoms with van der Waals surface area (Å²) in [7, 11) is 3.25. The fourth-order valence-electron chi connectivity index (χ4n) is 2.27. The highest BCUT2D eigenvalue weighted by molar-refractivity contribution is 5.43. The Bertz CT molecular complexity index is 386. The monoisotopic (exact) mass is 266 g/mol. The van der Waals surface area contributed by atoms with E-state index in [2.05, 4.69) is 6.92 Å². The number of hydrogen-bond acceptors (Lipinski definition) is 3. The summed E-state index contributed by atoms with van der Waals surface area (Å²) < 4.78 is 10.5. The van der Waals surface area contributed by atoms with Gasteiger partial charge in [-0.1, -0.05) is 32.3 Å². The third kappa shape index (κ3) is 5.11. The van der Waals surface area contributed by atoms with E-state index in [0.29, 0.717) is 12.2 Å². The molecule has 0 aliphatic rings. The molecular formula is C16H26O3. The highest BCUT2D eigenvalue weighted by atomic mass is 16.5. The van der Waals surface area contributed by atoms with Crippen LogP contribution in [0, 0.1) is 0 Å². The van der Waals surface area contributed by atoms with Crippen LogP contribution in [0.1, 0.15) is 45.1 Å². The van der Waals surface area contributed by atoms with Crippen molar-refractivity contribution in [2.45, 2.75) is 51.6 Å². The van der Waals surface area contributed by atoms with E-state index >= 15 is 0 Å². The topological polar surface area (TPSA) is 38.7 Å². The lowest BCUT2D eigenvalue weighted by atomic mass is 9.91. The van der Waals surface area contributed by atoms with Gasteiger partial charge in [0.2, 0.25) is 0 Å². The van der Waals surface area contributed by atoms with Gasteiger partial charge in [0.05, 0.1) is 19.8 Å². The van der Waals surface area contributed by atoms with Gasteiger partial charge >= 0.3 is 0 Å². The number of unbranched alkanes of at least 4 members (excludes halogenated alkanes) is 2. The lowest BCUT2D eigenvalue weighted by Gasteiger charge is -2.23. The Labute approximate surface area is 116 Å². The molecule has 1 N–H and O–H groups in total. The van der Waals surface area contributed by atoms with Crippen molar-refractivity contribution in [3.05, 3.63) is 23.8 Å². The van der Waals surface area contributed by atoms with Crippen LogP contribution in [0.2, 0.25) is 0 Å². The van der Waals surface area contributed by atoms with Gasteiger partial charge in [-0.3, -0.25) is 0 Å². The van der Waals surface area contributed by atoms with Gasteiger partial charge in [0.1, 0.15) is 0 Å². The van der Waals surface area contributed by atoms with E-state index in [0.717, 1.165) is 24.2 Å². The number of ether oxygens (including phenoxy) is 2. The maximum absolute atomic E-state index is 10.4. The Balaban J connectivity index is 2.70. The average molecular weight is 266 g/mol. The van der Waals surface area contributed by atoms with Gasteiger partial charge in [0.15, 0.2) is 11.5 Å². The largest absolute Gasteiger partial charge is 0.493 e. The van der Waals surface area contributed by atoms with Crippen molar-refractivity contribution in [3.8, 4) is 11.5 Å². The first-order chi connectivity index (χ1) is 9.02. The molecule has 108 valence electrons. The molecule has 0 aromatic heterocycles. The van der Waals surface area contributed by atoms with Gasteiger partial charge in [-0.2, -0.15) is 0 Å². The minimum atomic E-state index is -0.658. The molecule has 0 aliphatic heterocycles. The van der Waals surface area contributed by atoms with Crippen molar-refractivity contribution in [2.24, 2.45) is 0 Å². The fourth-order valence-corrected chi connectivity index (χ4v) is 2.27. The van der Waals surface area contributed by atoms with Crippen LogP contribution in [-0.2, 0) is 6.42 Å². The Morgan fingerprint density at radius 3 is 2.37 bits per heavy atom. The van der Waals surface area contributed by atoms with Crippen molar-refractivity contribution >= 4 is 0 Å². The van der Waals surface area contributed by atoms with Gasteiger partial charge in [-0.05, 0) is 31.0 Å². The van der Waals surface area contributed by atoms with Crippen LogP contribution in [0.3, 0.4) is 0 Å². The number of hydrogen-bond donors (Lipinski definition) is 1. The van der Waals surface area contributed by atoms with Crippen molar-refractivity contribution in [1.82, 2.24) is 0 Å². The van der Waals surface area contributed by atoms with Crippen LogP contribution >= 0.6 is 0 Å². The molecule has 3 heteroatoms. The van der Waals surface area contributed by atoms with Crippen molar-refractivity contribution in [2.75, 3.05) is 14.2 Å². The van der Waals surface area contributed by atoms with Crippen molar-refractivity contribution in [3.63, 3.8) is 0 Å². The molecule has 0 spiro atoms. The van der Waals surface area contributed by atoms with Crippen molar-refractivity contribution < 1.29 is 14.6 Å². The van der Waals surface area contributed by atoms with Crippen LogP contribution in [0.4, 0.5) is 0 Å². The second kappa shape index (κ2) is 7.39. The molecule has 0 bridgehead atoms. The van der Waals surface area contributed by atoms with Gasteiger partial charge in [-0.25, -0.2) is 0 Å². The zero-order valence-electron chi connectivity index (χ0n) is 12.5. The fraction of sp³-hybridized carbons (Fsp3) is 0.625. The quantitative estimate of drug-likeness (QED) is 0.731. The van der Waals surface area contributed by atoms with Gasteiger partial charge in [-0.15, -0.1) is 0 Å². The highest BCUT2D eigenvalue weighted by Gasteiger charge is 2.21. The molecule has 0 fully saturated rings. The van der Waals surface area contributed by atoms with Crippen LogP contribution in [0.25, 0.3) is 0 Å². The molecule has 0 heterocycles. The minimum absolute atomic E-state index is 0.636. The molecular weight excluding hydrogens is 240 g/mol. The Hall–Kier alpha value is -1.22. The van der Waals surface area contributed by atoms with E-state index in [1.165, 1.54) is 12.8 Å². The molecule has 0 amide bonds. The zero-order valence-corrected chi connectivity index (χ0v) is 12.5. The molecule has 19 heavy (non-hydrogen) atoms. The highest BCUT2D eigenvalue weighted by Crippen LogP contribution is 2.30. The SMILES string of the molecule is CCCCCC(C)(O)Cc1ccc(OC)c(OC)c1. The molecule has 3 nitrogen and oxygen atoms in total. The second-order valence-corrected chi connectivity index (χ2v) is 5.32. The molecule has 1 aromatic rings. The van der Waals surface area contributed by atoms with Gasteiger partial charge in [0, 0.05) is 6.42 Å². The first-order valence-electron chi connectivity index (χ1n) is 6.95. The molecule has 0 saturated carbocycles. The normalized spacial score (nSPS) is 13.9. The standard InChI is InChI=1S/C16H26O3/c1-5-6-7-10-16(2,17)12-13-8-9-14(18-3)15(11-13)19-4/h8-9,11,17H,5-7,10,12H2,1-4H3. The van der Waals surface area contributed by atoms with E-state index in [-0.39, 0.29) is 0 Å². The molecule has 0 radical (unpaired) electrons. The smallest absolute Gasteiger partial charge is 0.160 e. The average Bonchev–Trinajstić information content (AvgIpc) is 2.38. The first-order valence-corrected chi connectivity index (χ1v) is 6.95. The number of rotatable bonds is 8. The second-order valence-electron chi connectivity index (χ2n) is 5.32. The van der Waals surface area contributed by atoms with Gasteiger partial charge < -0.3 is 14.6 Å². The van der Waals surface area contributed by atoms with Crippen LogP contribution < -0.4 is 9.47 Å². The van der Waals surface area contributed by atoms with E-state index in [1.54, 1.807) is 14.2 Å². The summed E-state index contributed by atoms with van der Waals surface area (Å²) in [5.74, 6) is 1.43. The Kier molecular flexibility index (Phi) is 6.16. The summed E-state index contributed by atoms with van der Waals surface area (Å²) in [6, 6.07) is 5.80. The summed E-state index contributed by atoms with van der Waals surface area (Å²) in [4.78, 5) is 0. The third-order valence-electron chi connectivity index (χ3n) is 3.35. The first kappa shape index (κ1) is 15.8. The summed E-state index contributed by atoms with van der Waals surface area (Å²) in [6.45, 7) is 4.07. The lowest BCUT2D eigenvalue weighted by molar-refractivity contribution is 0.0485. The predicted molar refractivity (Wildman–Crippen MR) is 78.0 cm³/mol. The lowest BCUT2D eigenvalue weighted by Crippen LogP contribution is -2.27. The Morgan fingerprint density at radius 2 is 1.79 bits per heavy atom. The van der Waals surface area contributed by atoms with E-state index < -0.39 is 5.60 Å². The zero-order chi connectivity index (χ0) is 14.3. The maximum atomic E-state index is 10.4. The number of benzene rings is 1. The van der Waals surface area contributed by atoms with Gasteiger partial charge in [0.25, 0.3) is 0 Å². The minimum Gasteiger partial charge on any atom is -0.493 e. The summed E-state index contributed by atoms with van der Waals surface area (Å²) in [6.07, 6.45) is 4.87. The Morgan fingerprint density at radius 1 is 1.11 bits per heavy atom. The molecule has 1 aromatic carbocycles. The summed E-state index contributed by atoms with van der Waals surface area (Å²) in [5, 5.41) is 10.4.